The lowest BCUT2D eigenvalue weighted by Crippen LogP contribution is -2.07. The Labute approximate surface area is 122 Å². The number of hydrogen-bond donors (Lipinski definition) is 0. The van der Waals surface area contributed by atoms with E-state index in [1.54, 1.807) is 0 Å². The third-order valence-corrected chi connectivity index (χ3v) is 4.11. The number of thioether (sulfide) groups is 1. The van der Waals surface area contributed by atoms with Crippen molar-refractivity contribution in [3.8, 4) is 11.1 Å². The van der Waals surface area contributed by atoms with Crippen LogP contribution in [0.3, 0.4) is 0 Å². The third kappa shape index (κ3) is 3.63. The van der Waals surface area contributed by atoms with Crippen molar-refractivity contribution >= 4 is 27.7 Å². The summed E-state index contributed by atoms with van der Waals surface area (Å²) < 4.78 is 1.35. The maximum Gasteiger partial charge on any atom is 0.0186 e. The number of rotatable bonds is 2. The Morgan fingerprint density at radius 3 is 2.22 bits per heavy atom. The zero-order valence-electron chi connectivity index (χ0n) is 10.9. The molecule has 0 saturated heterocycles. The average molecular weight is 321 g/mol. The third-order valence-electron chi connectivity index (χ3n) is 2.44. The second kappa shape index (κ2) is 5.50. The molecule has 0 bridgehead atoms. The Morgan fingerprint density at radius 1 is 0.944 bits per heavy atom. The van der Waals surface area contributed by atoms with Crippen LogP contribution in [0, 0.1) is 0 Å². The first kappa shape index (κ1) is 13.7. The van der Waals surface area contributed by atoms with Crippen LogP contribution in [0.15, 0.2) is 57.9 Å². The molecular formula is C16H17BrS. The first-order valence-electron chi connectivity index (χ1n) is 6.00. The zero-order chi connectivity index (χ0) is 13.2. The molecule has 0 unspecified atom stereocenters. The van der Waals surface area contributed by atoms with E-state index in [0.717, 1.165) is 4.47 Å². The monoisotopic (exact) mass is 320 g/mol. The zero-order valence-corrected chi connectivity index (χ0v) is 13.3. The highest BCUT2D eigenvalue weighted by Crippen LogP contribution is 2.39. The first-order valence-corrected chi connectivity index (χ1v) is 7.61. The van der Waals surface area contributed by atoms with E-state index in [1.807, 2.05) is 11.8 Å². The largest absolute Gasteiger partial charge is 0.120 e. The molecule has 0 aliphatic heterocycles. The van der Waals surface area contributed by atoms with Gasteiger partial charge in [0.05, 0.1) is 0 Å². The Morgan fingerprint density at radius 2 is 1.61 bits per heavy atom. The van der Waals surface area contributed by atoms with Crippen LogP contribution in [0.25, 0.3) is 11.1 Å². The van der Waals surface area contributed by atoms with Crippen LogP contribution >= 0.6 is 27.7 Å². The molecule has 0 aliphatic rings. The summed E-state index contributed by atoms with van der Waals surface area (Å²) in [6.45, 7) is 6.73. The molecule has 0 aliphatic carbocycles. The molecule has 2 aromatic rings. The van der Waals surface area contributed by atoms with Crippen LogP contribution in [-0.4, -0.2) is 4.75 Å². The lowest BCUT2D eigenvalue weighted by atomic mass is 10.1. The van der Waals surface area contributed by atoms with Crippen LogP contribution < -0.4 is 0 Å². The van der Waals surface area contributed by atoms with Crippen molar-refractivity contribution in [3.05, 3.63) is 53.0 Å². The molecule has 0 saturated carbocycles. The van der Waals surface area contributed by atoms with E-state index in [9.17, 15) is 0 Å². The molecule has 0 spiro atoms. The van der Waals surface area contributed by atoms with E-state index in [4.69, 9.17) is 0 Å². The maximum atomic E-state index is 3.56. The maximum absolute atomic E-state index is 3.56. The molecule has 0 N–H and O–H groups in total. The summed E-state index contributed by atoms with van der Waals surface area (Å²) in [5, 5.41) is 0. The van der Waals surface area contributed by atoms with Crippen molar-refractivity contribution < 1.29 is 0 Å². The van der Waals surface area contributed by atoms with Crippen molar-refractivity contribution in [2.45, 2.75) is 30.4 Å². The van der Waals surface area contributed by atoms with Crippen LogP contribution in [0.2, 0.25) is 0 Å². The van der Waals surface area contributed by atoms with Gasteiger partial charge in [0.25, 0.3) is 0 Å². The second-order valence-electron chi connectivity index (χ2n) is 5.22. The Hall–Kier alpha value is -0.730. The van der Waals surface area contributed by atoms with E-state index in [-0.39, 0.29) is 4.75 Å². The predicted octanol–water partition coefficient (Wildman–Crippen LogP) is 6.01. The predicted molar refractivity (Wildman–Crippen MR) is 85.2 cm³/mol. The molecule has 0 aromatic heterocycles. The van der Waals surface area contributed by atoms with Crippen molar-refractivity contribution in [1.29, 1.82) is 0 Å². The fourth-order valence-electron chi connectivity index (χ4n) is 1.77. The summed E-state index contributed by atoms with van der Waals surface area (Å²) in [6, 6.07) is 17.1. The molecule has 2 aromatic carbocycles. The quantitative estimate of drug-likeness (QED) is 0.611. The summed E-state index contributed by atoms with van der Waals surface area (Å²) >= 11 is 5.47. The minimum atomic E-state index is 0.213. The summed E-state index contributed by atoms with van der Waals surface area (Å²) in [7, 11) is 0. The van der Waals surface area contributed by atoms with Gasteiger partial charge >= 0.3 is 0 Å². The van der Waals surface area contributed by atoms with Crippen LogP contribution in [0.4, 0.5) is 0 Å². The van der Waals surface area contributed by atoms with Gasteiger partial charge in [-0.25, -0.2) is 0 Å². The molecule has 2 heteroatoms. The normalized spacial score (nSPS) is 11.6. The van der Waals surface area contributed by atoms with Gasteiger partial charge in [0, 0.05) is 14.1 Å². The van der Waals surface area contributed by atoms with Crippen molar-refractivity contribution in [2.24, 2.45) is 0 Å². The fourth-order valence-corrected chi connectivity index (χ4v) is 3.42. The summed E-state index contributed by atoms with van der Waals surface area (Å²) in [4.78, 5) is 1.32. The summed E-state index contributed by atoms with van der Waals surface area (Å²) in [5.41, 5.74) is 2.58. The van der Waals surface area contributed by atoms with Gasteiger partial charge < -0.3 is 0 Å². The van der Waals surface area contributed by atoms with Crippen LogP contribution in [0.5, 0.6) is 0 Å². The molecule has 94 valence electrons. The average Bonchev–Trinajstić information content (AvgIpc) is 2.28. The van der Waals surface area contributed by atoms with Gasteiger partial charge in [0.1, 0.15) is 0 Å². The van der Waals surface area contributed by atoms with E-state index in [2.05, 4.69) is 85.2 Å². The number of halogens is 1. The minimum Gasteiger partial charge on any atom is -0.120 e. The van der Waals surface area contributed by atoms with Crippen molar-refractivity contribution in [2.75, 3.05) is 0 Å². The highest BCUT2D eigenvalue weighted by molar-refractivity contribution is 9.10. The van der Waals surface area contributed by atoms with E-state index in [1.165, 1.54) is 16.0 Å². The van der Waals surface area contributed by atoms with Crippen LogP contribution in [0.1, 0.15) is 20.8 Å². The minimum absolute atomic E-state index is 0.213. The van der Waals surface area contributed by atoms with Gasteiger partial charge in [-0.3, -0.25) is 0 Å². The Balaban J connectivity index is 2.47. The standard InChI is InChI=1S/C16H17BrS/c1-16(2,3)18-15-11-13(17)9-10-14(15)12-7-5-4-6-8-12/h4-11H,1-3H3. The van der Waals surface area contributed by atoms with Gasteiger partial charge in [-0.05, 0) is 23.3 Å². The summed E-state index contributed by atoms with van der Waals surface area (Å²) in [5.74, 6) is 0. The van der Waals surface area contributed by atoms with Gasteiger partial charge in [0.2, 0.25) is 0 Å². The SMILES string of the molecule is CC(C)(C)Sc1cc(Br)ccc1-c1ccccc1. The van der Waals surface area contributed by atoms with Gasteiger partial charge in [-0.1, -0.05) is 73.1 Å². The molecule has 0 heterocycles. The second-order valence-corrected chi connectivity index (χ2v) is 8.01. The van der Waals surface area contributed by atoms with Crippen LogP contribution in [-0.2, 0) is 0 Å². The summed E-state index contributed by atoms with van der Waals surface area (Å²) in [6.07, 6.45) is 0. The van der Waals surface area contributed by atoms with E-state index < -0.39 is 0 Å². The number of hydrogen-bond acceptors (Lipinski definition) is 1. The van der Waals surface area contributed by atoms with Crippen molar-refractivity contribution in [3.63, 3.8) is 0 Å². The molecule has 0 atom stereocenters. The first-order chi connectivity index (χ1) is 8.46. The topological polar surface area (TPSA) is 0 Å². The molecular weight excluding hydrogens is 304 g/mol. The van der Waals surface area contributed by atoms with E-state index in [0.29, 0.717) is 0 Å². The molecule has 0 fully saturated rings. The molecule has 0 radical (unpaired) electrons. The fraction of sp³-hybridized carbons (Fsp3) is 0.250. The molecule has 0 amide bonds. The number of benzene rings is 2. The van der Waals surface area contributed by atoms with Gasteiger partial charge in [-0.2, -0.15) is 0 Å². The Bertz CT molecular complexity index is 527. The molecule has 2 rings (SSSR count). The van der Waals surface area contributed by atoms with Gasteiger partial charge in [-0.15, -0.1) is 11.8 Å². The van der Waals surface area contributed by atoms with Crippen molar-refractivity contribution in [1.82, 2.24) is 0 Å². The highest BCUT2D eigenvalue weighted by atomic mass is 79.9. The molecule has 18 heavy (non-hydrogen) atoms. The van der Waals surface area contributed by atoms with Gasteiger partial charge in [0.15, 0.2) is 0 Å². The van der Waals surface area contributed by atoms with E-state index >= 15 is 0 Å². The lowest BCUT2D eigenvalue weighted by Gasteiger charge is -2.20. The molecule has 0 nitrogen and oxygen atoms in total. The Kier molecular flexibility index (Phi) is 4.18. The lowest BCUT2D eigenvalue weighted by molar-refractivity contribution is 0.803. The smallest absolute Gasteiger partial charge is 0.0186 e. The highest BCUT2D eigenvalue weighted by Gasteiger charge is 2.15.